The molecule has 1 amide bonds. The maximum absolute atomic E-state index is 13.7. The highest BCUT2D eigenvalue weighted by Crippen LogP contribution is 2.17. The Hall–Kier alpha value is -1.42. The Bertz CT molecular complexity index is 461. The van der Waals surface area contributed by atoms with E-state index < -0.39 is 5.82 Å². The van der Waals surface area contributed by atoms with E-state index in [-0.39, 0.29) is 23.6 Å². The number of benzene rings is 1. The minimum Gasteiger partial charge on any atom is -0.333 e. The van der Waals surface area contributed by atoms with E-state index in [9.17, 15) is 9.18 Å². The quantitative estimate of drug-likeness (QED) is 0.826. The monoisotopic (exact) mass is 250 g/mol. The minimum absolute atomic E-state index is 0.0752. The van der Waals surface area contributed by atoms with Crippen LogP contribution in [0, 0.1) is 12.7 Å². The highest BCUT2D eigenvalue weighted by molar-refractivity contribution is 5.95. The summed E-state index contributed by atoms with van der Waals surface area (Å²) >= 11 is 0. The van der Waals surface area contributed by atoms with Gasteiger partial charge >= 0.3 is 0 Å². The van der Waals surface area contributed by atoms with Crippen molar-refractivity contribution in [1.29, 1.82) is 0 Å². The maximum Gasteiger partial charge on any atom is 0.257 e. The number of rotatable bonds is 1. The molecular weight excluding hydrogens is 231 g/mol. The van der Waals surface area contributed by atoms with Crippen molar-refractivity contribution in [3.63, 3.8) is 0 Å². The number of amides is 1. The van der Waals surface area contributed by atoms with Gasteiger partial charge in [0.05, 0.1) is 5.56 Å². The van der Waals surface area contributed by atoms with Crippen molar-refractivity contribution in [2.75, 3.05) is 13.1 Å². The van der Waals surface area contributed by atoms with E-state index in [2.05, 4.69) is 5.32 Å². The average Bonchev–Trinajstić information content (AvgIpc) is 2.35. The second kappa shape index (κ2) is 5.06. The zero-order chi connectivity index (χ0) is 13.3. The Morgan fingerprint density at radius 3 is 2.89 bits per heavy atom. The zero-order valence-corrected chi connectivity index (χ0v) is 11.0. The second-order valence-electron chi connectivity index (χ2n) is 4.97. The lowest BCUT2D eigenvalue weighted by molar-refractivity contribution is 0.0598. The molecule has 1 N–H and O–H groups in total. The van der Waals surface area contributed by atoms with Crippen molar-refractivity contribution in [1.82, 2.24) is 10.2 Å². The van der Waals surface area contributed by atoms with Gasteiger partial charge in [0, 0.05) is 25.2 Å². The number of carbonyl (C=O) groups excluding carboxylic acids is 1. The van der Waals surface area contributed by atoms with Gasteiger partial charge in [0.1, 0.15) is 5.82 Å². The molecule has 0 aliphatic carbocycles. The lowest BCUT2D eigenvalue weighted by atomic mass is 10.0. The predicted molar refractivity (Wildman–Crippen MR) is 69.1 cm³/mol. The van der Waals surface area contributed by atoms with E-state index >= 15 is 0 Å². The average molecular weight is 250 g/mol. The van der Waals surface area contributed by atoms with Gasteiger partial charge in [-0.3, -0.25) is 4.79 Å². The van der Waals surface area contributed by atoms with Crippen molar-refractivity contribution in [3.05, 3.63) is 35.1 Å². The van der Waals surface area contributed by atoms with Gasteiger partial charge in [-0.25, -0.2) is 4.39 Å². The fourth-order valence-corrected chi connectivity index (χ4v) is 2.30. The first-order valence-electron chi connectivity index (χ1n) is 6.31. The van der Waals surface area contributed by atoms with E-state index in [1.807, 2.05) is 20.8 Å². The summed E-state index contributed by atoms with van der Waals surface area (Å²) in [6, 6.07) is 4.97. The number of hydrogen-bond acceptors (Lipinski definition) is 2. The second-order valence-corrected chi connectivity index (χ2v) is 4.97. The van der Waals surface area contributed by atoms with Crippen LogP contribution in [-0.2, 0) is 0 Å². The van der Waals surface area contributed by atoms with Crippen LogP contribution in [0.3, 0.4) is 0 Å². The standard InChI is InChI=1S/C14H19FN2O/c1-9-4-5-13(15)12(8-9)14(18)17-7-6-16-10(2)11(17)3/h4-5,8,10-11,16H,6-7H2,1-3H3. The fraction of sp³-hybridized carbons (Fsp3) is 0.500. The van der Waals surface area contributed by atoms with Gasteiger partial charge in [-0.05, 0) is 32.9 Å². The van der Waals surface area contributed by atoms with Crippen LogP contribution >= 0.6 is 0 Å². The lowest BCUT2D eigenvalue weighted by Crippen LogP contribution is -2.57. The molecule has 0 radical (unpaired) electrons. The molecule has 98 valence electrons. The van der Waals surface area contributed by atoms with Crippen LogP contribution < -0.4 is 5.32 Å². The normalized spacial score (nSPS) is 24.1. The molecule has 1 heterocycles. The summed E-state index contributed by atoms with van der Waals surface area (Å²) in [5.41, 5.74) is 1.08. The molecule has 0 bridgehead atoms. The summed E-state index contributed by atoms with van der Waals surface area (Å²) in [6.07, 6.45) is 0. The Kier molecular flexibility index (Phi) is 3.66. The van der Waals surface area contributed by atoms with Crippen molar-refractivity contribution in [3.8, 4) is 0 Å². The molecular formula is C14H19FN2O. The Morgan fingerprint density at radius 2 is 2.17 bits per heavy atom. The van der Waals surface area contributed by atoms with Gasteiger partial charge in [0.25, 0.3) is 5.91 Å². The van der Waals surface area contributed by atoms with E-state index in [0.717, 1.165) is 12.1 Å². The predicted octanol–water partition coefficient (Wildman–Crippen LogP) is 1.96. The van der Waals surface area contributed by atoms with Crippen molar-refractivity contribution < 1.29 is 9.18 Å². The first-order chi connectivity index (χ1) is 8.50. The number of nitrogens with zero attached hydrogens (tertiary/aromatic N) is 1. The topological polar surface area (TPSA) is 32.3 Å². The summed E-state index contributed by atoms with van der Waals surface area (Å²) in [5, 5.41) is 3.31. The Labute approximate surface area is 107 Å². The molecule has 0 saturated carbocycles. The van der Waals surface area contributed by atoms with Gasteiger partial charge in [0.15, 0.2) is 0 Å². The van der Waals surface area contributed by atoms with Gasteiger partial charge in [-0.1, -0.05) is 11.6 Å². The number of halogens is 1. The third kappa shape index (κ3) is 2.38. The number of aryl methyl sites for hydroxylation is 1. The highest BCUT2D eigenvalue weighted by atomic mass is 19.1. The third-order valence-corrected chi connectivity index (χ3v) is 3.65. The number of nitrogens with one attached hydrogen (secondary N) is 1. The molecule has 3 nitrogen and oxygen atoms in total. The van der Waals surface area contributed by atoms with Crippen LogP contribution in [0.25, 0.3) is 0 Å². The van der Waals surface area contributed by atoms with Crippen LogP contribution in [0.5, 0.6) is 0 Å². The molecule has 0 spiro atoms. The molecule has 2 unspecified atom stereocenters. The Balaban J connectivity index is 2.27. The molecule has 0 aromatic heterocycles. The number of hydrogen-bond donors (Lipinski definition) is 1. The molecule has 1 aromatic rings. The first kappa shape index (κ1) is 13.0. The van der Waals surface area contributed by atoms with Crippen molar-refractivity contribution >= 4 is 5.91 Å². The van der Waals surface area contributed by atoms with Gasteiger partial charge in [-0.2, -0.15) is 0 Å². The summed E-state index contributed by atoms with van der Waals surface area (Å²) in [4.78, 5) is 14.1. The minimum atomic E-state index is -0.441. The fourth-order valence-electron chi connectivity index (χ4n) is 2.30. The van der Waals surface area contributed by atoms with Crippen LogP contribution in [0.15, 0.2) is 18.2 Å². The summed E-state index contributed by atoms with van der Waals surface area (Å²) < 4.78 is 13.7. The lowest BCUT2D eigenvalue weighted by Gasteiger charge is -2.38. The van der Waals surface area contributed by atoms with Crippen LogP contribution in [0.4, 0.5) is 4.39 Å². The smallest absolute Gasteiger partial charge is 0.257 e. The van der Waals surface area contributed by atoms with E-state index in [1.54, 1.807) is 17.0 Å². The molecule has 1 fully saturated rings. The number of piperazine rings is 1. The van der Waals surface area contributed by atoms with Crippen molar-refractivity contribution in [2.45, 2.75) is 32.9 Å². The molecule has 4 heteroatoms. The molecule has 18 heavy (non-hydrogen) atoms. The van der Waals surface area contributed by atoms with Crippen LogP contribution in [0.2, 0.25) is 0 Å². The van der Waals surface area contributed by atoms with E-state index in [0.29, 0.717) is 6.54 Å². The summed E-state index contributed by atoms with van der Waals surface area (Å²) in [7, 11) is 0. The van der Waals surface area contributed by atoms with Crippen LogP contribution in [0.1, 0.15) is 29.8 Å². The molecule has 1 aliphatic heterocycles. The molecule has 1 aromatic carbocycles. The molecule has 1 saturated heterocycles. The zero-order valence-electron chi connectivity index (χ0n) is 11.0. The number of carbonyl (C=O) groups is 1. The van der Waals surface area contributed by atoms with E-state index in [1.165, 1.54) is 6.07 Å². The van der Waals surface area contributed by atoms with Crippen LogP contribution in [-0.4, -0.2) is 36.0 Å². The summed E-state index contributed by atoms with van der Waals surface area (Å²) in [5.74, 6) is -0.652. The molecule has 2 rings (SSSR count). The van der Waals surface area contributed by atoms with Gasteiger partial charge in [-0.15, -0.1) is 0 Å². The largest absolute Gasteiger partial charge is 0.333 e. The first-order valence-corrected chi connectivity index (χ1v) is 6.31. The third-order valence-electron chi connectivity index (χ3n) is 3.65. The molecule has 1 aliphatic rings. The summed E-state index contributed by atoms with van der Waals surface area (Å²) in [6.45, 7) is 7.27. The molecule has 2 atom stereocenters. The Morgan fingerprint density at radius 1 is 1.44 bits per heavy atom. The maximum atomic E-state index is 13.7. The van der Waals surface area contributed by atoms with Gasteiger partial charge < -0.3 is 10.2 Å². The van der Waals surface area contributed by atoms with Crippen molar-refractivity contribution in [2.24, 2.45) is 0 Å². The van der Waals surface area contributed by atoms with E-state index in [4.69, 9.17) is 0 Å². The SMILES string of the molecule is Cc1ccc(F)c(C(=O)N2CCNC(C)C2C)c1. The highest BCUT2D eigenvalue weighted by Gasteiger charge is 2.29. The van der Waals surface area contributed by atoms with Gasteiger partial charge in [0.2, 0.25) is 0 Å².